The van der Waals surface area contributed by atoms with Gasteiger partial charge in [0.1, 0.15) is 11.6 Å². The van der Waals surface area contributed by atoms with Gasteiger partial charge < -0.3 is 4.90 Å². The second-order valence-corrected chi connectivity index (χ2v) is 4.94. The van der Waals surface area contributed by atoms with Crippen LogP contribution in [0.15, 0.2) is 0 Å². The number of nitrogens with zero attached hydrogens (tertiary/aromatic N) is 4. The summed E-state index contributed by atoms with van der Waals surface area (Å²) in [6.07, 6.45) is 2.29. The molecule has 0 unspecified atom stereocenters. The molecule has 0 aliphatic heterocycles. The average molecular weight is 260 g/mol. The molecule has 19 heavy (non-hydrogen) atoms. The van der Waals surface area contributed by atoms with E-state index >= 15 is 0 Å². The van der Waals surface area contributed by atoms with Crippen molar-refractivity contribution in [1.29, 1.82) is 5.26 Å². The summed E-state index contributed by atoms with van der Waals surface area (Å²) in [4.78, 5) is 2.18. The van der Waals surface area contributed by atoms with Gasteiger partial charge in [0.2, 0.25) is 0 Å². The van der Waals surface area contributed by atoms with Crippen LogP contribution in [0.3, 0.4) is 0 Å². The Labute approximate surface area is 116 Å². The fourth-order valence-electron chi connectivity index (χ4n) is 2.18. The summed E-state index contributed by atoms with van der Waals surface area (Å²) in [5.41, 5.74) is 2.44. The Morgan fingerprint density at radius 1 is 1.16 bits per heavy atom. The summed E-state index contributed by atoms with van der Waals surface area (Å²) in [5, 5.41) is 17.8. The number of aromatic nitrogens is 2. The van der Waals surface area contributed by atoms with Gasteiger partial charge >= 0.3 is 0 Å². The summed E-state index contributed by atoms with van der Waals surface area (Å²) in [6, 6.07) is 2.28. The summed E-state index contributed by atoms with van der Waals surface area (Å²) < 4.78 is 0. The Morgan fingerprint density at radius 3 is 2.26 bits per heavy atom. The standard InChI is InChI=1S/C15H24N4/c1-6-13(7-2)10-19(8-3)15-14(9-16)11(4)12(5)17-18-15/h13H,6-8,10H2,1-5H3. The second kappa shape index (κ2) is 7.08. The summed E-state index contributed by atoms with van der Waals surface area (Å²) in [5.74, 6) is 1.37. The Kier molecular flexibility index (Phi) is 5.75. The first-order chi connectivity index (χ1) is 9.08. The third-order valence-electron chi connectivity index (χ3n) is 3.86. The third kappa shape index (κ3) is 3.44. The van der Waals surface area contributed by atoms with Gasteiger partial charge in [-0.1, -0.05) is 26.7 Å². The molecule has 0 N–H and O–H groups in total. The van der Waals surface area contributed by atoms with E-state index < -0.39 is 0 Å². The summed E-state index contributed by atoms with van der Waals surface area (Å²) in [7, 11) is 0. The van der Waals surface area contributed by atoms with E-state index in [1.165, 1.54) is 0 Å². The molecule has 104 valence electrons. The van der Waals surface area contributed by atoms with Crippen molar-refractivity contribution < 1.29 is 0 Å². The molecule has 1 rings (SSSR count). The van der Waals surface area contributed by atoms with Gasteiger partial charge in [-0.3, -0.25) is 0 Å². The molecule has 4 nitrogen and oxygen atoms in total. The van der Waals surface area contributed by atoms with Gasteiger partial charge in [-0.2, -0.15) is 10.4 Å². The summed E-state index contributed by atoms with van der Waals surface area (Å²) >= 11 is 0. The maximum Gasteiger partial charge on any atom is 0.169 e. The zero-order chi connectivity index (χ0) is 14.4. The molecule has 0 radical (unpaired) electrons. The SMILES string of the molecule is CCC(CC)CN(CC)c1nnc(C)c(C)c1C#N. The number of nitriles is 1. The van der Waals surface area contributed by atoms with Crippen molar-refractivity contribution in [2.45, 2.75) is 47.5 Å². The van der Waals surface area contributed by atoms with Crippen molar-refractivity contribution in [1.82, 2.24) is 10.2 Å². The Bertz CT molecular complexity index is 458. The lowest BCUT2D eigenvalue weighted by atomic mass is 10.0. The normalized spacial score (nSPS) is 10.6. The second-order valence-electron chi connectivity index (χ2n) is 4.94. The van der Waals surface area contributed by atoms with Crippen LogP contribution in [0.25, 0.3) is 0 Å². The molecule has 0 fully saturated rings. The lowest BCUT2D eigenvalue weighted by Gasteiger charge is -2.27. The zero-order valence-corrected chi connectivity index (χ0v) is 12.7. The Hall–Kier alpha value is -1.63. The van der Waals surface area contributed by atoms with Crippen LogP contribution in [0.2, 0.25) is 0 Å². The van der Waals surface area contributed by atoms with Gasteiger partial charge in [0, 0.05) is 13.1 Å². The molecule has 0 aliphatic carbocycles. The lowest BCUT2D eigenvalue weighted by Crippen LogP contribution is -2.31. The molecule has 0 saturated heterocycles. The molecule has 0 saturated carbocycles. The van der Waals surface area contributed by atoms with E-state index in [1.807, 2.05) is 13.8 Å². The van der Waals surface area contributed by atoms with Crippen LogP contribution in [-0.2, 0) is 0 Å². The minimum atomic E-state index is 0.634. The number of anilines is 1. The maximum atomic E-state index is 9.37. The van der Waals surface area contributed by atoms with Crippen LogP contribution in [-0.4, -0.2) is 23.3 Å². The van der Waals surface area contributed by atoms with Crippen LogP contribution in [0, 0.1) is 31.1 Å². The highest BCUT2D eigenvalue weighted by atomic mass is 15.3. The first kappa shape index (κ1) is 15.4. The molecular formula is C15H24N4. The van der Waals surface area contributed by atoms with Crippen molar-refractivity contribution in [3.05, 3.63) is 16.8 Å². The van der Waals surface area contributed by atoms with Gasteiger partial charge in [-0.25, -0.2) is 0 Å². The maximum absolute atomic E-state index is 9.37. The Balaban J connectivity index is 3.12. The molecule has 1 aromatic heterocycles. The lowest BCUT2D eigenvalue weighted by molar-refractivity contribution is 0.483. The number of rotatable bonds is 6. The number of aryl methyl sites for hydroxylation is 1. The molecule has 1 heterocycles. The topological polar surface area (TPSA) is 52.8 Å². The average Bonchev–Trinajstić information content (AvgIpc) is 2.43. The van der Waals surface area contributed by atoms with Gasteiger partial charge in [-0.15, -0.1) is 5.10 Å². The van der Waals surface area contributed by atoms with E-state index in [9.17, 15) is 5.26 Å². The number of hydrogen-bond donors (Lipinski definition) is 0. The van der Waals surface area contributed by atoms with E-state index in [0.29, 0.717) is 11.5 Å². The minimum Gasteiger partial charge on any atom is -0.354 e. The summed E-state index contributed by atoms with van der Waals surface area (Å²) in [6.45, 7) is 12.1. The first-order valence-corrected chi connectivity index (χ1v) is 7.07. The molecule has 0 spiro atoms. The molecular weight excluding hydrogens is 236 g/mol. The fraction of sp³-hybridized carbons (Fsp3) is 0.667. The van der Waals surface area contributed by atoms with Crippen LogP contribution in [0.4, 0.5) is 5.82 Å². The van der Waals surface area contributed by atoms with E-state index in [1.54, 1.807) is 0 Å². The zero-order valence-electron chi connectivity index (χ0n) is 12.7. The molecule has 0 atom stereocenters. The van der Waals surface area contributed by atoms with Gasteiger partial charge in [0.15, 0.2) is 5.82 Å². The van der Waals surface area contributed by atoms with Crippen LogP contribution in [0.5, 0.6) is 0 Å². The minimum absolute atomic E-state index is 0.634. The molecule has 1 aromatic rings. The van der Waals surface area contributed by atoms with Gasteiger partial charge in [0.05, 0.1) is 5.69 Å². The van der Waals surface area contributed by atoms with E-state index in [-0.39, 0.29) is 0 Å². The quantitative estimate of drug-likeness (QED) is 0.788. The van der Waals surface area contributed by atoms with Crippen molar-refractivity contribution >= 4 is 5.82 Å². The largest absolute Gasteiger partial charge is 0.354 e. The van der Waals surface area contributed by atoms with E-state index in [2.05, 4.69) is 41.9 Å². The molecule has 0 aliphatic rings. The van der Waals surface area contributed by atoms with Gasteiger partial charge in [0.25, 0.3) is 0 Å². The van der Waals surface area contributed by atoms with Crippen LogP contribution in [0.1, 0.15) is 50.4 Å². The van der Waals surface area contributed by atoms with E-state index in [4.69, 9.17) is 0 Å². The highest BCUT2D eigenvalue weighted by molar-refractivity contribution is 5.57. The predicted octanol–water partition coefficient (Wildman–Crippen LogP) is 3.23. The molecule has 4 heteroatoms. The molecule has 0 bridgehead atoms. The van der Waals surface area contributed by atoms with E-state index in [0.717, 1.165) is 43.0 Å². The molecule has 0 aromatic carbocycles. The monoisotopic (exact) mass is 260 g/mol. The van der Waals surface area contributed by atoms with Crippen molar-refractivity contribution in [3.8, 4) is 6.07 Å². The van der Waals surface area contributed by atoms with Crippen molar-refractivity contribution in [2.24, 2.45) is 5.92 Å². The number of hydrogen-bond acceptors (Lipinski definition) is 4. The van der Waals surface area contributed by atoms with Crippen molar-refractivity contribution in [3.63, 3.8) is 0 Å². The van der Waals surface area contributed by atoms with Crippen LogP contribution < -0.4 is 4.90 Å². The fourth-order valence-corrected chi connectivity index (χ4v) is 2.18. The third-order valence-corrected chi connectivity index (χ3v) is 3.86. The van der Waals surface area contributed by atoms with Crippen molar-refractivity contribution in [2.75, 3.05) is 18.0 Å². The predicted molar refractivity (Wildman–Crippen MR) is 78.2 cm³/mol. The highest BCUT2D eigenvalue weighted by Crippen LogP contribution is 2.23. The molecule has 0 amide bonds. The first-order valence-electron chi connectivity index (χ1n) is 7.07. The van der Waals surface area contributed by atoms with Crippen LogP contribution >= 0.6 is 0 Å². The van der Waals surface area contributed by atoms with Gasteiger partial charge in [-0.05, 0) is 32.3 Å². The smallest absolute Gasteiger partial charge is 0.169 e. The Morgan fingerprint density at radius 2 is 1.79 bits per heavy atom. The highest BCUT2D eigenvalue weighted by Gasteiger charge is 2.18.